The molecule has 6 nitrogen and oxygen atoms in total. The molecule has 0 fully saturated rings. The Balaban J connectivity index is 2.61. The Labute approximate surface area is 129 Å². The van der Waals surface area contributed by atoms with Crippen LogP contribution in [0.4, 0.5) is 10.5 Å². The zero-order valence-corrected chi connectivity index (χ0v) is 13.3. The third kappa shape index (κ3) is 6.39. The smallest absolute Gasteiger partial charge is 0.412 e. The summed E-state index contributed by atoms with van der Waals surface area (Å²) in [5.41, 5.74) is 0.296. The lowest BCUT2D eigenvalue weighted by molar-refractivity contribution is -0.141. The summed E-state index contributed by atoms with van der Waals surface area (Å²) >= 11 is 0. The van der Waals surface area contributed by atoms with E-state index in [-0.39, 0.29) is 18.8 Å². The zero-order chi connectivity index (χ0) is 16.8. The summed E-state index contributed by atoms with van der Waals surface area (Å²) in [7, 11) is 0. The SMILES string of the molecule is CCOC(=O)CC(=O)c1ccc(NC(=O)OC(C)(C)C)cc1. The number of carbonyl (C=O) groups excluding carboxylic acids is 3. The highest BCUT2D eigenvalue weighted by atomic mass is 16.6. The summed E-state index contributed by atoms with van der Waals surface area (Å²) in [4.78, 5) is 34.7. The molecule has 0 saturated heterocycles. The van der Waals surface area contributed by atoms with Crippen LogP contribution in [0.15, 0.2) is 24.3 Å². The number of carbonyl (C=O) groups is 3. The predicted molar refractivity (Wildman–Crippen MR) is 81.9 cm³/mol. The minimum atomic E-state index is -0.584. The van der Waals surface area contributed by atoms with Crippen LogP contribution in [0, 0.1) is 0 Å². The molecule has 1 amide bonds. The molecule has 22 heavy (non-hydrogen) atoms. The number of hydrogen-bond acceptors (Lipinski definition) is 5. The molecule has 0 saturated carbocycles. The summed E-state index contributed by atoms with van der Waals surface area (Å²) in [6, 6.07) is 6.22. The van der Waals surface area contributed by atoms with Crippen molar-refractivity contribution in [1.82, 2.24) is 0 Å². The number of anilines is 1. The van der Waals surface area contributed by atoms with E-state index < -0.39 is 17.7 Å². The quantitative estimate of drug-likeness (QED) is 0.513. The van der Waals surface area contributed by atoms with Crippen molar-refractivity contribution in [1.29, 1.82) is 0 Å². The van der Waals surface area contributed by atoms with Crippen molar-refractivity contribution in [3.8, 4) is 0 Å². The van der Waals surface area contributed by atoms with Gasteiger partial charge < -0.3 is 9.47 Å². The normalized spacial score (nSPS) is 10.7. The Morgan fingerprint density at radius 1 is 1.09 bits per heavy atom. The molecule has 0 atom stereocenters. The molecule has 1 N–H and O–H groups in total. The Bertz CT molecular complexity index is 543. The van der Waals surface area contributed by atoms with Gasteiger partial charge in [0.05, 0.1) is 6.61 Å². The van der Waals surface area contributed by atoms with Crippen molar-refractivity contribution in [2.24, 2.45) is 0 Å². The lowest BCUT2D eigenvalue weighted by Gasteiger charge is -2.19. The minimum absolute atomic E-state index is 0.241. The second kappa shape index (κ2) is 7.59. The first-order valence-electron chi connectivity index (χ1n) is 7.00. The second-order valence-corrected chi connectivity index (χ2v) is 5.61. The van der Waals surface area contributed by atoms with Crippen molar-refractivity contribution < 1.29 is 23.9 Å². The summed E-state index contributed by atoms with van der Waals surface area (Å²) in [5, 5.41) is 2.56. The molecule has 1 aromatic carbocycles. The molecule has 0 aliphatic rings. The standard InChI is InChI=1S/C16H21NO5/c1-5-21-14(19)10-13(18)11-6-8-12(9-7-11)17-15(20)22-16(2,3)4/h6-9H,5,10H2,1-4H3,(H,17,20). The molecule has 0 aromatic heterocycles. The average molecular weight is 307 g/mol. The van der Waals surface area contributed by atoms with E-state index in [4.69, 9.17) is 9.47 Å². The Kier molecular flexibility index (Phi) is 6.10. The van der Waals surface area contributed by atoms with Crippen LogP contribution in [0.5, 0.6) is 0 Å². The molecular weight excluding hydrogens is 286 g/mol. The number of rotatable bonds is 5. The van der Waals surface area contributed by atoms with Gasteiger partial charge in [-0.3, -0.25) is 14.9 Å². The van der Waals surface area contributed by atoms with Gasteiger partial charge in [0.2, 0.25) is 0 Å². The van der Waals surface area contributed by atoms with E-state index in [9.17, 15) is 14.4 Å². The van der Waals surface area contributed by atoms with E-state index in [0.29, 0.717) is 11.3 Å². The Hall–Kier alpha value is -2.37. The summed E-state index contributed by atoms with van der Waals surface area (Å²) in [6.07, 6.45) is -0.870. The van der Waals surface area contributed by atoms with Crippen molar-refractivity contribution >= 4 is 23.5 Å². The number of hydrogen-bond donors (Lipinski definition) is 1. The lowest BCUT2D eigenvalue weighted by Crippen LogP contribution is -2.27. The lowest BCUT2D eigenvalue weighted by atomic mass is 10.1. The number of ketones is 1. The van der Waals surface area contributed by atoms with Gasteiger partial charge in [0.15, 0.2) is 5.78 Å². The third-order valence-electron chi connectivity index (χ3n) is 2.46. The molecular formula is C16H21NO5. The third-order valence-corrected chi connectivity index (χ3v) is 2.46. The molecule has 6 heteroatoms. The summed E-state index contributed by atoms with van der Waals surface area (Å²) in [5.74, 6) is -0.884. The van der Waals surface area contributed by atoms with Crippen LogP contribution in [-0.4, -0.2) is 30.1 Å². The largest absolute Gasteiger partial charge is 0.466 e. The number of benzene rings is 1. The molecule has 0 bridgehead atoms. The molecule has 0 radical (unpaired) electrons. The van der Waals surface area contributed by atoms with Crippen LogP contribution < -0.4 is 5.32 Å². The molecule has 120 valence electrons. The first-order chi connectivity index (χ1) is 10.2. The van der Waals surface area contributed by atoms with Crippen molar-refractivity contribution in [2.75, 3.05) is 11.9 Å². The van der Waals surface area contributed by atoms with E-state index in [1.54, 1.807) is 39.8 Å². The minimum Gasteiger partial charge on any atom is -0.466 e. The monoisotopic (exact) mass is 307 g/mol. The average Bonchev–Trinajstić information content (AvgIpc) is 2.37. The van der Waals surface area contributed by atoms with Crippen LogP contribution in [0.2, 0.25) is 0 Å². The first kappa shape index (κ1) is 17.7. The summed E-state index contributed by atoms with van der Waals surface area (Å²) < 4.78 is 9.84. The fourth-order valence-corrected chi connectivity index (χ4v) is 1.61. The van der Waals surface area contributed by atoms with Gasteiger partial charge in [0.25, 0.3) is 0 Å². The van der Waals surface area contributed by atoms with Gasteiger partial charge in [-0.25, -0.2) is 4.79 Å². The van der Waals surface area contributed by atoms with Gasteiger partial charge in [-0.05, 0) is 52.0 Å². The van der Waals surface area contributed by atoms with E-state index in [1.165, 1.54) is 12.1 Å². The van der Waals surface area contributed by atoms with Crippen LogP contribution in [0.1, 0.15) is 44.5 Å². The zero-order valence-electron chi connectivity index (χ0n) is 13.3. The maximum atomic E-state index is 11.8. The highest BCUT2D eigenvalue weighted by Gasteiger charge is 2.16. The Morgan fingerprint density at radius 3 is 2.18 bits per heavy atom. The second-order valence-electron chi connectivity index (χ2n) is 5.61. The van der Waals surface area contributed by atoms with Crippen LogP contribution >= 0.6 is 0 Å². The molecule has 1 aromatic rings. The van der Waals surface area contributed by atoms with Gasteiger partial charge >= 0.3 is 12.1 Å². The van der Waals surface area contributed by atoms with Crippen molar-refractivity contribution in [3.63, 3.8) is 0 Å². The Morgan fingerprint density at radius 2 is 1.68 bits per heavy atom. The molecule has 0 aliphatic carbocycles. The van der Waals surface area contributed by atoms with Crippen LogP contribution in [0.25, 0.3) is 0 Å². The van der Waals surface area contributed by atoms with Gasteiger partial charge in [-0.2, -0.15) is 0 Å². The van der Waals surface area contributed by atoms with Crippen LogP contribution in [0.3, 0.4) is 0 Å². The number of Topliss-reactive ketones (excluding diaryl/α,β-unsaturated/α-hetero) is 1. The fourth-order valence-electron chi connectivity index (χ4n) is 1.61. The first-order valence-corrected chi connectivity index (χ1v) is 7.00. The van der Waals surface area contributed by atoms with Crippen LogP contribution in [-0.2, 0) is 14.3 Å². The molecule has 0 spiro atoms. The predicted octanol–water partition coefficient (Wildman–Crippen LogP) is 3.17. The molecule has 0 aliphatic heterocycles. The topological polar surface area (TPSA) is 81.7 Å². The van der Waals surface area contributed by atoms with Gasteiger partial charge in [0, 0.05) is 11.3 Å². The molecule has 0 unspecified atom stereocenters. The van der Waals surface area contributed by atoms with Gasteiger partial charge in [0.1, 0.15) is 12.0 Å². The number of nitrogens with one attached hydrogen (secondary N) is 1. The number of ether oxygens (including phenoxy) is 2. The maximum Gasteiger partial charge on any atom is 0.412 e. The van der Waals surface area contributed by atoms with E-state index in [2.05, 4.69) is 5.32 Å². The van der Waals surface area contributed by atoms with Gasteiger partial charge in [-0.1, -0.05) is 0 Å². The van der Waals surface area contributed by atoms with Gasteiger partial charge in [-0.15, -0.1) is 0 Å². The molecule has 0 heterocycles. The van der Waals surface area contributed by atoms with Crippen molar-refractivity contribution in [2.45, 2.75) is 39.7 Å². The van der Waals surface area contributed by atoms with E-state index >= 15 is 0 Å². The number of amides is 1. The fraction of sp³-hybridized carbons (Fsp3) is 0.438. The summed E-state index contributed by atoms with van der Waals surface area (Å²) in [6.45, 7) is 7.22. The highest BCUT2D eigenvalue weighted by Crippen LogP contribution is 2.14. The van der Waals surface area contributed by atoms with E-state index in [0.717, 1.165) is 0 Å². The highest BCUT2D eigenvalue weighted by molar-refractivity contribution is 6.06. The van der Waals surface area contributed by atoms with Crippen molar-refractivity contribution in [3.05, 3.63) is 29.8 Å². The van der Waals surface area contributed by atoms with E-state index in [1.807, 2.05) is 0 Å². The maximum absolute atomic E-state index is 11.8. The number of esters is 1. The molecule has 1 rings (SSSR count).